The molecule has 102 valence electrons. The van der Waals surface area contributed by atoms with Crippen molar-refractivity contribution in [3.8, 4) is 0 Å². The normalized spacial score (nSPS) is 11.8. The largest absolute Gasteiger partial charge is 0.361 e. The number of H-pyrrole nitrogens is 1. The van der Waals surface area contributed by atoms with Crippen LogP contribution in [0.5, 0.6) is 0 Å². The predicted octanol–water partition coefficient (Wildman–Crippen LogP) is 3.31. The van der Waals surface area contributed by atoms with Crippen molar-refractivity contribution in [2.75, 3.05) is 13.1 Å². The van der Waals surface area contributed by atoms with E-state index in [-0.39, 0.29) is 5.91 Å². The van der Waals surface area contributed by atoms with Crippen LogP contribution in [0.4, 0.5) is 0 Å². The zero-order chi connectivity index (χ0) is 14.0. The van der Waals surface area contributed by atoms with E-state index in [4.69, 9.17) is 0 Å². The van der Waals surface area contributed by atoms with E-state index in [0.717, 1.165) is 29.6 Å². The third-order valence-electron chi connectivity index (χ3n) is 3.85. The number of aromatic nitrogens is 1. The summed E-state index contributed by atoms with van der Waals surface area (Å²) in [7, 11) is 0. The van der Waals surface area contributed by atoms with Gasteiger partial charge in [0.05, 0.1) is 5.41 Å². The van der Waals surface area contributed by atoms with Crippen molar-refractivity contribution in [2.24, 2.45) is 0 Å². The average molecular weight is 258 g/mol. The van der Waals surface area contributed by atoms with Gasteiger partial charge in [0.25, 0.3) is 0 Å². The van der Waals surface area contributed by atoms with Gasteiger partial charge < -0.3 is 9.88 Å². The highest BCUT2D eigenvalue weighted by molar-refractivity contribution is 5.94. The van der Waals surface area contributed by atoms with Crippen LogP contribution in [0.2, 0.25) is 0 Å². The van der Waals surface area contributed by atoms with Crippen LogP contribution in [-0.2, 0) is 10.2 Å². The smallest absolute Gasteiger partial charge is 0.232 e. The Hall–Kier alpha value is -1.77. The van der Waals surface area contributed by atoms with Crippen LogP contribution in [0, 0.1) is 0 Å². The highest BCUT2D eigenvalue weighted by Crippen LogP contribution is 2.31. The van der Waals surface area contributed by atoms with E-state index >= 15 is 0 Å². The molecule has 1 heterocycles. The van der Waals surface area contributed by atoms with Gasteiger partial charge in [-0.1, -0.05) is 18.2 Å². The van der Waals surface area contributed by atoms with Gasteiger partial charge in [0.1, 0.15) is 0 Å². The molecule has 0 fully saturated rings. The van der Waals surface area contributed by atoms with Crippen molar-refractivity contribution in [3.05, 3.63) is 36.0 Å². The molecule has 0 aliphatic heterocycles. The molecule has 0 aliphatic rings. The molecule has 0 radical (unpaired) electrons. The summed E-state index contributed by atoms with van der Waals surface area (Å²) in [6.45, 7) is 9.55. The van der Waals surface area contributed by atoms with E-state index in [9.17, 15) is 4.79 Å². The third-order valence-corrected chi connectivity index (χ3v) is 3.85. The van der Waals surface area contributed by atoms with Gasteiger partial charge in [-0.25, -0.2) is 0 Å². The quantitative estimate of drug-likeness (QED) is 0.897. The lowest BCUT2D eigenvalue weighted by atomic mass is 9.83. The molecule has 1 amide bonds. The molecule has 3 nitrogen and oxygen atoms in total. The zero-order valence-corrected chi connectivity index (χ0v) is 12.2. The van der Waals surface area contributed by atoms with Crippen LogP contribution in [0.1, 0.15) is 33.3 Å². The molecule has 0 bridgehead atoms. The summed E-state index contributed by atoms with van der Waals surface area (Å²) in [5.41, 5.74) is 1.64. The molecule has 1 N–H and O–H groups in total. The van der Waals surface area contributed by atoms with Gasteiger partial charge in [-0.2, -0.15) is 0 Å². The van der Waals surface area contributed by atoms with Crippen molar-refractivity contribution >= 4 is 16.8 Å². The fourth-order valence-corrected chi connectivity index (χ4v) is 2.61. The summed E-state index contributed by atoms with van der Waals surface area (Å²) < 4.78 is 0. The Balaban J connectivity index is 2.46. The zero-order valence-electron chi connectivity index (χ0n) is 12.2. The minimum absolute atomic E-state index is 0.183. The number of carbonyl (C=O) groups excluding carboxylic acids is 1. The molecule has 0 saturated carbocycles. The number of amides is 1. The molecule has 0 atom stereocenters. The number of rotatable bonds is 4. The lowest BCUT2D eigenvalue weighted by Crippen LogP contribution is -2.43. The van der Waals surface area contributed by atoms with Crippen LogP contribution in [-0.4, -0.2) is 28.9 Å². The first-order valence-corrected chi connectivity index (χ1v) is 6.88. The predicted molar refractivity (Wildman–Crippen MR) is 79.3 cm³/mol. The Bertz CT molecular complexity index is 579. The number of fused-ring (bicyclic) bond motifs is 1. The van der Waals surface area contributed by atoms with E-state index in [0.29, 0.717) is 0 Å². The van der Waals surface area contributed by atoms with Crippen molar-refractivity contribution in [2.45, 2.75) is 33.1 Å². The topological polar surface area (TPSA) is 36.1 Å². The van der Waals surface area contributed by atoms with Crippen LogP contribution in [0.15, 0.2) is 30.5 Å². The Morgan fingerprint density at radius 3 is 2.47 bits per heavy atom. The summed E-state index contributed by atoms with van der Waals surface area (Å²) >= 11 is 0. The number of hydrogen-bond donors (Lipinski definition) is 1. The number of aromatic amines is 1. The third kappa shape index (κ3) is 2.25. The minimum atomic E-state index is -0.508. The van der Waals surface area contributed by atoms with Crippen molar-refractivity contribution in [3.63, 3.8) is 0 Å². The summed E-state index contributed by atoms with van der Waals surface area (Å²) in [5.74, 6) is 0.183. The van der Waals surface area contributed by atoms with Crippen LogP contribution < -0.4 is 0 Å². The number of para-hydroxylation sites is 1. The second kappa shape index (κ2) is 5.08. The lowest BCUT2D eigenvalue weighted by molar-refractivity contribution is -0.135. The monoisotopic (exact) mass is 258 g/mol. The molecule has 3 heteroatoms. The molecule has 0 saturated heterocycles. The number of likely N-dealkylation sites (N-methyl/N-ethyl adjacent to an activating group) is 1. The maximum absolute atomic E-state index is 12.7. The highest BCUT2D eigenvalue weighted by Gasteiger charge is 2.34. The molecular weight excluding hydrogens is 236 g/mol. The van der Waals surface area contributed by atoms with Crippen molar-refractivity contribution in [1.82, 2.24) is 9.88 Å². The standard InChI is InChI=1S/C16H22N2O/c1-5-18(6-2)15(19)16(3,4)13-11-17-14-10-8-7-9-12(13)14/h7-11,17H,5-6H2,1-4H3. The van der Waals surface area contributed by atoms with Crippen LogP contribution >= 0.6 is 0 Å². The highest BCUT2D eigenvalue weighted by atomic mass is 16.2. The van der Waals surface area contributed by atoms with Gasteiger partial charge in [0.15, 0.2) is 0 Å². The summed E-state index contributed by atoms with van der Waals surface area (Å²) in [6, 6.07) is 8.12. The molecular formula is C16H22N2O. The van der Waals surface area contributed by atoms with E-state index in [1.807, 2.05) is 57.0 Å². The van der Waals surface area contributed by atoms with E-state index in [1.54, 1.807) is 0 Å². The Morgan fingerprint density at radius 1 is 1.21 bits per heavy atom. The second-order valence-electron chi connectivity index (χ2n) is 5.35. The Labute approximate surface area is 114 Å². The summed E-state index contributed by atoms with van der Waals surface area (Å²) in [6.07, 6.45) is 1.96. The van der Waals surface area contributed by atoms with Gasteiger partial charge in [-0.3, -0.25) is 4.79 Å². The maximum Gasteiger partial charge on any atom is 0.232 e. The average Bonchev–Trinajstić information content (AvgIpc) is 2.84. The first-order chi connectivity index (χ1) is 9.02. The first-order valence-electron chi connectivity index (χ1n) is 6.88. The van der Waals surface area contributed by atoms with Gasteiger partial charge in [0.2, 0.25) is 5.91 Å². The van der Waals surface area contributed by atoms with Crippen LogP contribution in [0.3, 0.4) is 0 Å². The number of nitrogens with zero attached hydrogens (tertiary/aromatic N) is 1. The molecule has 1 aromatic carbocycles. The SMILES string of the molecule is CCN(CC)C(=O)C(C)(C)c1c[nH]c2ccccc12. The summed E-state index contributed by atoms with van der Waals surface area (Å²) in [5, 5.41) is 1.13. The van der Waals surface area contributed by atoms with Gasteiger partial charge in [0, 0.05) is 30.2 Å². The van der Waals surface area contributed by atoms with Crippen LogP contribution in [0.25, 0.3) is 10.9 Å². The van der Waals surface area contributed by atoms with Crippen molar-refractivity contribution < 1.29 is 4.79 Å². The first kappa shape index (κ1) is 13.7. The lowest BCUT2D eigenvalue weighted by Gasteiger charge is -2.30. The van der Waals surface area contributed by atoms with Gasteiger partial charge in [-0.05, 0) is 39.3 Å². The fourth-order valence-electron chi connectivity index (χ4n) is 2.61. The van der Waals surface area contributed by atoms with E-state index in [1.165, 1.54) is 0 Å². The van der Waals surface area contributed by atoms with Gasteiger partial charge >= 0.3 is 0 Å². The van der Waals surface area contributed by atoms with E-state index < -0.39 is 5.41 Å². The Morgan fingerprint density at radius 2 is 1.84 bits per heavy atom. The fraction of sp³-hybridized carbons (Fsp3) is 0.438. The number of nitrogens with one attached hydrogen (secondary N) is 1. The molecule has 19 heavy (non-hydrogen) atoms. The maximum atomic E-state index is 12.7. The van der Waals surface area contributed by atoms with E-state index in [2.05, 4.69) is 11.1 Å². The molecule has 1 aromatic heterocycles. The number of hydrogen-bond acceptors (Lipinski definition) is 1. The number of carbonyl (C=O) groups is 1. The summed E-state index contributed by atoms with van der Waals surface area (Å²) in [4.78, 5) is 17.8. The molecule has 2 aromatic rings. The van der Waals surface area contributed by atoms with Crippen molar-refractivity contribution in [1.29, 1.82) is 0 Å². The Kier molecular flexibility index (Phi) is 3.65. The second-order valence-corrected chi connectivity index (χ2v) is 5.35. The molecule has 2 rings (SSSR count). The molecule has 0 spiro atoms. The minimum Gasteiger partial charge on any atom is -0.361 e. The molecule has 0 aliphatic carbocycles. The van der Waals surface area contributed by atoms with Gasteiger partial charge in [-0.15, -0.1) is 0 Å². The molecule has 0 unspecified atom stereocenters. The number of benzene rings is 1.